The number of amides is 1. The quantitative estimate of drug-likeness (QED) is 0.583. The molecule has 4 aromatic rings. The van der Waals surface area contributed by atoms with Crippen molar-refractivity contribution in [1.82, 2.24) is 15.2 Å². The maximum atomic E-state index is 12.1. The zero-order valence-corrected chi connectivity index (χ0v) is 14.4. The third-order valence-corrected chi connectivity index (χ3v) is 4.85. The Morgan fingerprint density at radius 1 is 1.04 bits per heavy atom. The molecular weight excluding hydrogens is 348 g/mol. The molecule has 2 heterocycles. The van der Waals surface area contributed by atoms with E-state index in [1.165, 1.54) is 16.8 Å². The van der Waals surface area contributed by atoms with E-state index in [0.29, 0.717) is 5.69 Å². The van der Waals surface area contributed by atoms with Crippen molar-refractivity contribution in [3.05, 3.63) is 87.3 Å². The van der Waals surface area contributed by atoms with Crippen LogP contribution in [-0.4, -0.2) is 21.1 Å². The number of carbonyl (C=O) groups excluding carboxylic acids is 1. The van der Waals surface area contributed by atoms with E-state index in [0.717, 1.165) is 22.5 Å². The zero-order chi connectivity index (χ0) is 17.9. The summed E-state index contributed by atoms with van der Waals surface area (Å²) >= 11 is 1.69. The fourth-order valence-electron chi connectivity index (χ4n) is 2.54. The van der Waals surface area contributed by atoms with Gasteiger partial charge in [0, 0.05) is 18.2 Å². The number of H-pyrrole nitrogens is 1. The topological polar surface area (TPSA) is 87.7 Å². The molecule has 0 aliphatic rings. The average Bonchev–Trinajstić information content (AvgIpc) is 3.06. The number of carbonyl (C=O) groups is 1. The number of hydrogen-bond donors (Lipinski definition) is 2. The number of rotatable bonds is 4. The molecule has 6 nitrogen and oxygen atoms in total. The van der Waals surface area contributed by atoms with Gasteiger partial charge in [-0.3, -0.25) is 9.59 Å². The van der Waals surface area contributed by atoms with Crippen LogP contribution in [0.3, 0.4) is 0 Å². The maximum Gasteiger partial charge on any atom is 0.276 e. The number of fused-ring (bicyclic) bond motifs is 1. The predicted molar refractivity (Wildman–Crippen MR) is 102 cm³/mol. The second-order valence-electron chi connectivity index (χ2n) is 5.71. The highest BCUT2D eigenvalue weighted by Crippen LogP contribution is 2.24. The van der Waals surface area contributed by atoms with Crippen LogP contribution < -0.4 is 10.9 Å². The molecule has 0 bridgehead atoms. The molecule has 0 radical (unpaired) electrons. The number of nitrogens with one attached hydrogen (secondary N) is 2. The summed E-state index contributed by atoms with van der Waals surface area (Å²) < 4.78 is 1.18. The van der Waals surface area contributed by atoms with Crippen molar-refractivity contribution in [3.8, 4) is 0 Å². The normalized spacial score (nSPS) is 10.8. The van der Waals surface area contributed by atoms with Gasteiger partial charge in [-0.1, -0.05) is 24.3 Å². The fourth-order valence-corrected chi connectivity index (χ4v) is 3.54. The highest BCUT2D eigenvalue weighted by atomic mass is 32.1. The highest BCUT2D eigenvalue weighted by Gasteiger charge is 2.08. The molecule has 0 saturated carbocycles. The zero-order valence-electron chi connectivity index (χ0n) is 13.6. The maximum absolute atomic E-state index is 12.1. The van der Waals surface area contributed by atoms with E-state index in [1.54, 1.807) is 11.3 Å². The van der Waals surface area contributed by atoms with Crippen LogP contribution in [0, 0.1) is 0 Å². The lowest BCUT2D eigenvalue weighted by Gasteiger charge is -2.05. The first-order valence-corrected chi connectivity index (χ1v) is 8.79. The van der Waals surface area contributed by atoms with E-state index < -0.39 is 0 Å². The molecule has 0 unspecified atom stereocenters. The molecule has 2 N–H and O–H groups in total. The summed E-state index contributed by atoms with van der Waals surface area (Å²) in [5.41, 5.74) is 2.61. The minimum Gasteiger partial charge on any atom is -0.321 e. The number of nitrogens with zero attached hydrogens (tertiary/aromatic N) is 2. The van der Waals surface area contributed by atoms with Gasteiger partial charge in [-0.25, -0.2) is 10.1 Å². The number of aromatic amines is 1. The fraction of sp³-hybridized carbons (Fsp3) is 0.0526. The molecule has 0 saturated heterocycles. The van der Waals surface area contributed by atoms with Crippen LogP contribution in [0.15, 0.2) is 65.5 Å². The summed E-state index contributed by atoms with van der Waals surface area (Å²) in [5.74, 6) is -0.375. The van der Waals surface area contributed by atoms with Gasteiger partial charge in [-0.05, 0) is 35.9 Å². The van der Waals surface area contributed by atoms with Gasteiger partial charge < -0.3 is 5.32 Å². The molecule has 7 heteroatoms. The van der Waals surface area contributed by atoms with Gasteiger partial charge in [-0.15, -0.1) is 11.3 Å². The molecule has 0 atom stereocenters. The third-order valence-electron chi connectivity index (χ3n) is 3.82. The average molecular weight is 362 g/mol. The lowest BCUT2D eigenvalue weighted by atomic mass is 10.1. The largest absolute Gasteiger partial charge is 0.321 e. The summed E-state index contributed by atoms with van der Waals surface area (Å²) in [6.07, 6.45) is 0.745. The van der Waals surface area contributed by atoms with Gasteiger partial charge in [-0.2, -0.15) is 5.10 Å². The van der Waals surface area contributed by atoms with Gasteiger partial charge in [0.25, 0.3) is 11.5 Å². The number of thiazole rings is 1. The number of anilines is 1. The first-order chi connectivity index (χ1) is 12.7. The van der Waals surface area contributed by atoms with Crippen molar-refractivity contribution in [1.29, 1.82) is 0 Å². The Morgan fingerprint density at radius 3 is 2.58 bits per heavy atom. The van der Waals surface area contributed by atoms with Crippen LogP contribution in [0.5, 0.6) is 0 Å². The Hall–Kier alpha value is -3.32. The summed E-state index contributed by atoms with van der Waals surface area (Å²) in [7, 11) is 0. The molecule has 0 spiro atoms. The van der Waals surface area contributed by atoms with Gasteiger partial charge in [0.15, 0.2) is 0 Å². The van der Waals surface area contributed by atoms with Crippen LogP contribution in [-0.2, 0) is 6.42 Å². The van der Waals surface area contributed by atoms with Crippen LogP contribution in [0.2, 0.25) is 0 Å². The summed E-state index contributed by atoms with van der Waals surface area (Å²) in [4.78, 5) is 27.7. The molecule has 1 amide bonds. The summed E-state index contributed by atoms with van der Waals surface area (Å²) in [6.45, 7) is 0. The first-order valence-electron chi connectivity index (χ1n) is 7.98. The molecule has 0 fully saturated rings. The SMILES string of the molecule is O=C(Nc1ccc(Cc2nc3ccccc3s2)cc1)c1ccc(=O)[nH]n1. The molecule has 4 rings (SSSR count). The minimum atomic E-state index is -0.375. The van der Waals surface area contributed by atoms with Gasteiger partial charge in [0.1, 0.15) is 5.69 Å². The van der Waals surface area contributed by atoms with Crippen molar-refractivity contribution in [2.45, 2.75) is 6.42 Å². The molecule has 26 heavy (non-hydrogen) atoms. The standard InChI is InChI=1S/C19H14N4O2S/c24-17-10-9-15(22-23-17)19(25)20-13-7-5-12(6-8-13)11-18-21-14-3-1-2-4-16(14)26-18/h1-10H,11H2,(H,20,25)(H,23,24). The number of hydrogen-bond acceptors (Lipinski definition) is 5. The molecule has 0 aliphatic carbocycles. The molecule has 2 aromatic carbocycles. The summed E-state index contributed by atoms with van der Waals surface area (Å²) in [6, 6.07) is 18.3. The number of benzene rings is 2. The van der Waals surface area contributed by atoms with Gasteiger partial charge in [0.05, 0.1) is 15.2 Å². The van der Waals surface area contributed by atoms with E-state index in [-0.39, 0.29) is 17.2 Å². The van der Waals surface area contributed by atoms with Crippen LogP contribution >= 0.6 is 11.3 Å². The first kappa shape index (κ1) is 16.2. The van der Waals surface area contributed by atoms with Crippen molar-refractivity contribution in [3.63, 3.8) is 0 Å². The molecule has 2 aromatic heterocycles. The molecular formula is C19H14N4O2S. The Labute approximate surface area is 152 Å². The minimum absolute atomic E-state index is 0.156. The van der Waals surface area contributed by atoms with Crippen LogP contribution in [0.4, 0.5) is 5.69 Å². The van der Waals surface area contributed by atoms with Crippen molar-refractivity contribution < 1.29 is 4.79 Å². The van der Waals surface area contributed by atoms with Gasteiger partial charge in [0.2, 0.25) is 0 Å². The Kier molecular flexibility index (Phi) is 4.28. The van der Waals surface area contributed by atoms with Crippen LogP contribution in [0.25, 0.3) is 10.2 Å². The van der Waals surface area contributed by atoms with Crippen molar-refractivity contribution in [2.24, 2.45) is 0 Å². The smallest absolute Gasteiger partial charge is 0.276 e. The monoisotopic (exact) mass is 362 g/mol. The van der Waals surface area contributed by atoms with E-state index in [9.17, 15) is 9.59 Å². The molecule has 0 aliphatic heterocycles. The summed E-state index contributed by atoms with van der Waals surface area (Å²) in [5, 5.41) is 9.76. The van der Waals surface area contributed by atoms with E-state index in [1.807, 2.05) is 42.5 Å². The lowest BCUT2D eigenvalue weighted by molar-refractivity contribution is 0.102. The van der Waals surface area contributed by atoms with Crippen molar-refractivity contribution >= 4 is 33.1 Å². The van der Waals surface area contributed by atoms with Crippen LogP contribution in [0.1, 0.15) is 21.1 Å². The van der Waals surface area contributed by atoms with E-state index in [4.69, 9.17) is 0 Å². The number of aromatic nitrogens is 3. The second-order valence-corrected chi connectivity index (χ2v) is 6.82. The Morgan fingerprint density at radius 2 is 1.85 bits per heavy atom. The molecule has 128 valence electrons. The third kappa shape index (κ3) is 3.52. The van der Waals surface area contributed by atoms with E-state index >= 15 is 0 Å². The predicted octanol–water partition coefficient (Wildman–Crippen LogP) is 3.22. The Balaban J connectivity index is 1.45. The lowest BCUT2D eigenvalue weighted by Crippen LogP contribution is -2.17. The highest BCUT2D eigenvalue weighted by molar-refractivity contribution is 7.18. The Bertz CT molecular complexity index is 1080. The van der Waals surface area contributed by atoms with Crippen molar-refractivity contribution in [2.75, 3.05) is 5.32 Å². The van der Waals surface area contributed by atoms with E-state index in [2.05, 4.69) is 26.6 Å². The van der Waals surface area contributed by atoms with Gasteiger partial charge >= 0.3 is 0 Å². The number of para-hydroxylation sites is 1. The second kappa shape index (κ2) is 6.89.